The fourth-order valence-electron chi connectivity index (χ4n) is 1.03. The Morgan fingerprint density at radius 3 is 2.50 bits per heavy atom. The molecule has 78 valence electrons. The van der Waals surface area contributed by atoms with Gasteiger partial charge < -0.3 is 9.88 Å². The molecule has 0 atom stereocenters. The molecule has 3 nitrogen and oxygen atoms in total. The van der Waals surface area contributed by atoms with Crippen molar-refractivity contribution >= 4 is 21.8 Å². The Labute approximate surface area is 92.6 Å². The van der Waals surface area contributed by atoms with E-state index in [4.69, 9.17) is 0 Å². The number of nitrogens with zero attached hydrogens (tertiary/aromatic N) is 1. The minimum absolute atomic E-state index is 0.0182. The van der Waals surface area contributed by atoms with Crippen LogP contribution in [0.15, 0.2) is 24.5 Å². The fourth-order valence-corrected chi connectivity index (χ4v) is 1.17. The van der Waals surface area contributed by atoms with Crippen molar-refractivity contribution in [3.8, 4) is 0 Å². The van der Waals surface area contributed by atoms with Gasteiger partial charge in [-0.3, -0.25) is 4.79 Å². The normalized spacial score (nSPS) is 11.4. The summed E-state index contributed by atoms with van der Waals surface area (Å²) in [7, 11) is 0. The Bertz CT molecular complexity index is 288. The highest BCUT2D eigenvalue weighted by Gasteiger charge is 2.22. The summed E-state index contributed by atoms with van der Waals surface area (Å²) in [6.07, 6.45) is 3.96. The molecule has 14 heavy (non-hydrogen) atoms. The van der Waals surface area contributed by atoms with Gasteiger partial charge in [0.1, 0.15) is 0 Å². The van der Waals surface area contributed by atoms with Crippen molar-refractivity contribution in [1.29, 1.82) is 0 Å². The van der Waals surface area contributed by atoms with Crippen LogP contribution in [0.2, 0.25) is 0 Å². The van der Waals surface area contributed by atoms with Crippen LogP contribution >= 0.6 is 15.9 Å². The summed E-state index contributed by atoms with van der Waals surface area (Å²) in [5.41, 5.74) is 0. The highest BCUT2D eigenvalue weighted by atomic mass is 79.9. The first-order chi connectivity index (χ1) is 6.50. The van der Waals surface area contributed by atoms with Crippen LogP contribution in [0.3, 0.4) is 0 Å². The predicted octanol–water partition coefficient (Wildman–Crippen LogP) is 1.78. The van der Waals surface area contributed by atoms with Gasteiger partial charge in [-0.15, -0.1) is 0 Å². The van der Waals surface area contributed by atoms with E-state index in [1.165, 1.54) is 0 Å². The van der Waals surface area contributed by atoms with Gasteiger partial charge >= 0.3 is 0 Å². The molecule has 0 bridgehead atoms. The van der Waals surface area contributed by atoms with E-state index in [1.54, 1.807) is 0 Å². The monoisotopic (exact) mass is 258 g/mol. The molecular formula is C10H15BrN2O. The predicted molar refractivity (Wildman–Crippen MR) is 60.4 cm³/mol. The molecule has 0 aliphatic carbocycles. The minimum Gasteiger partial charge on any atom is -0.353 e. The Balaban J connectivity index is 2.26. The maximum Gasteiger partial charge on any atom is 0.236 e. The standard InChI is InChI=1S/C10H15BrN2O/c1-10(2,11)9(14)12-5-8-13-6-3-4-7-13/h3-4,6-7H,5,8H2,1-2H3,(H,12,14). The Hall–Kier alpha value is -0.770. The number of hydrogen-bond acceptors (Lipinski definition) is 1. The highest BCUT2D eigenvalue weighted by molar-refractivity contribution is 9.10. The average Bonchev–Trinajstić information content (AvgIpc) is 2.55. The summed E-state index contributed by atoms with van der Waals surface area (Å²) < 4.78 is 1.55. The number of nitrogens with one attached hydrogen (secondary N) is 1. The molecule has 0 spiro atoms. The van der Waals surface area contributed by atoms with Crippen molar-refractivity contribution in [2.45, 2.75) is 24.7 Å². The Kier molecular flexibility index (Phi) is 3.75. The van der Waals surface area contributed by atoms with Crippen molar-refractivity contribution < 1.29 is 4.79 Å². The molecule has 1 N–H and O–H groups in total. The topological polar surface area (TPSA) is 34.0 Å². The van der Waals surface area contributed by atoms with Gasteiger partial charge in [0.15, 0.2) is 0 Å². The maximum absolute atomic E-state index is 11.4. The number of amides is 1. The van der Waals surface area contributed by atoms with Crippen LogP contribution in [0.25, 0.3) is 0 Å². The number of carbonyl (C=O) groups is 1. The average molecular weight is 259 g/mol. The molecule has 1 aromatic rings. The molecule has 1 aromatic heterocycles. The molecule has 0 aromatic carbocycles. The summed E-state index contributed by atoms with van der Waals surface area (Å²) >= 11 is 3.30. The SMILES string of the molecule is CC(C)(Br)C(=O)NCCn1cccc1. The van der Waals surface area contributed by atoms with E-state index in [0.29, 0.717) is 6.54 Å². The number of carbonyl (C=O) groups excluding carboxylic acids is 1. The van der Waals surface area contributed by atoms with Gasteiger partial charge in [0.2, 0.25) is 5.91 Å². The molecule has 0 radical (unpaired) electrons. The molecule has 0 saturated heterocycles. The molecule has 0 fully saturated rings. The minimum atomic E-state index is -0.482. The first-order valence-electron chi connectivity index (χ1n) is 4.58. The van der Waals surface area contributed by atoms with Gasteiger partial charge in [-0.2, -0.15) is 0 Å². The number of hydrogen-bond donors (Lipinski definition) is 1. The smallest absolute Gasteiger partial charge is 0.236 e. The molecule has 0 aliphatic rings. The van der Waals surface area contributed by atoms with Gasteiger partial charge in [0, 0.05) is 25.5 Å². The van der Waals surface area contributed by atoms with Gasteiger partial charge in [-0.25, -0.2) is 0 Å². The molecule has 0 saturated carbocycles. The van der Waals surface area contributed by atoms with Crippen molar-refractivity contribution in [3.63, 3.8) is 0 Å². The van der Waals surface area contributed by atoms with Crippen molar-refractivity contribution in [2.75, 3.05) is 6.54 Å². The van der Waals surface area contributed by atoms with E-state index in [-0.39, 0.29) is 5.91 Å². The molecule has 4 heteroatoms. The van der Waals surface area contributed by atoms with Gasteiger partial charge in [-0.1, -0.05) is 15.9 Å². The molecular weight excluding hydrogens is 244 g/mol. The first kappa shape index (κ1) is 11.3. The molecule has 1 rings (SSSR count). The van der Waals surface area contributed by atoms with Gasteiger partial charge in [0.05, 0.1) is 4.32 Å². The molecule has 1 amide bonds. The first-order valence-corrected chi connectivity index (χ1v) is 5.37. The van der Waals surface area contributed by atoms with E-state index in [9.17, 15) is 4.79 Å². The lowest BCUT2D eigenvalue weighted by Gasteiger charge is -2.15. The van der Waals surface area contributed by atoms with Crippen molar-refractivity contribution in [1.82, 2.24) is 9.88 Å². The number of aromatic nitrogens is 1. The van der Waals surface area contributed by atoms with Crippen LogP contribution in [0.1, 0.15) is 13.8 Å². The van der Waals surface area contributed by atoms with E-state index < -0.39 is 4.32 Å². The largest absolute Gasteiger partial charge is 0.353 e. The zero-order valence-electron chi connectivity index (χ0n) is 8.46. The second-order valence-electron chi connectivity index (χ2n) is 3.65. The number of halogens is 1. The second-order valence-corrected chi connectivity index (χ2v) is 5.63. The summed E-state index contributed by atoms with van der Waals surface area (Å²) in [4.78, 5) is 11.4. The third-order valence-corrected chi connectivity index (χ3v) is 2.22. The van der Waals surface area contributed by atoms with Crippen LogP contribution in [0, 0.1) is 0 Å². The van der Waals surface area contributed by atoms with Crippen LogP contribution < -0.4 is 5.32 Å². The zero-order valence-corrected chi connectivity index (χ0v) is 10.0. The van der Waals surface area contributed by atoms with Crippen LogP contribution in [0.4, 0.5) is 0 Å². The highest BCUT2D eigenvalue weighted by Crippen LogP contribution is 2.14. The maximum atomic E-state index is 11.4. The van der Waals surface area contributed by atoms with Crippen LogP contribution in [-0.4, -0.2) is 21.3 Å². The fraction of sp³-hybridized carbons (Fsp3) is 0.500. The molecule has 0 aliphatic heterocycles. The number of alkyl halides is 1. The van der Waals surface area contributed by atoms with E-state index in [1.807, 2.05) is 42.9 Å². The quantitative estimate of drug-likeness (QED) is 0.821. The number of rotatable bonds is 4. The Morgan fingerprint density at radius 2 is 2.00 bits per heavy atom. The molecule has 0 unspecified atom stereocenters. The Morgan fingerprint density at radius 1 is 1.43 bits per heavy atom. The van der Waals surface area contributed by atoms with Crippen LogP contribution in [0.5, 0.6) is 0 Å². The third kappa shape index (κ3) is 3.54. The van der Waals surface area contributed by atoms with Crippen molar-refractivity contribution in [3.05, 3.63) is 24.5 Å². The zero-order chi connectivity index (χ0) is 10.6. The van der Waals surface area contributed by atoms with Crippen molar-refractivity contribution in [2.24, 2.45) is 0 Å². The molecule has 1 heterocycles. The lowest BCUT2D eigenvalue weighted by molar-refractivity contribution is -0.122. The van der Waals surface area contributed by atoms with E-state index >= 15 is 0 Å². The lowest BCUT2D eigenvalue weighted by Crippen LogP contribution is -2.38. The summed E-state index contributed by atoms with van der Waals surface area (Å²) in [5, 5.41) is 2.85. The van der Waals surface area contributed by atoms with E-state index in [2.05, 4.69) is 21.2 Å². The van der Waals surface area contributed by atoms with Gasteiger partial charge in [0.25, 0.3) is 0 Å². The summed E-state index contributed by atoms with van der Waals surface area (Å²) in [6, 6.07) is 3.94. The van der Waals surface area contributed by atoms with Gasteiger partial charge in [-0.05, 0) is 26.0 Å². The third-order valence-electron chi connectivity index (χ3n) is 1.86. The second kappa shape index (κ2) is 4.64. The lowest BCUT2D eigenvalue weighted by atomic mass is 10.2. The summed E-state index contributed by atoms with van der Waals surface area (Å²) in [6.45, 7) is 5.13. The van der Waals surface area contributed by atoms with E-state index in [0.717, 1.165) is 6.54 Å². The summed E-state index contributed by atoms with van der Waals surface area (Å²) in [5.74, 6) is 0.0182. The van der Waals surface area contributed by atoms with Crippen LogP contribution in [-0.2, 0) is 11.3 Å².